The van der Waals surface area contributed by atoms with Crippen LogP contribution in [-0.4, -0.2) is 7.05 Å². The van der Waals surface area contributed by atoms with Gasteiger partial charge in [-0.3, -0.25) is 0 Å². The molecule has 0 spiro atoms. The van der Waals surface area contributed by atoms with Crippen molar-refractivity contribution < 1.29 is 4.42 Å². The van der Waals surface area contributed by atoms with Crippen LogP contribution in [0.3, 0.4) is 0 Å². The third kappa shape index (κ3) is 2.70. The summed E-state index contributed by atoms with van der Waals surface area (Å²) < 4.78 is 8.11. The Hall–Kier alpha value is -0.330. The molecular weight excluding hydrogens is 425 g/mol. The van der Waals surface area contributed by atoms with Crippen LogP contribution >= 0.6 is 54.8 Å². The van der Waals surface area contributed by atoms with E-state index in [9.17, 15) is 0 Å². The third-order valence-corrected chi connectivity index (χ3v) is 5.69. The normalized spacial score (nSPS) is 13.0. The van der Waals surface area contributed by atoms with Gasteiger partial charge in [-0.25, -0.2) is 0 Å². The first-order valence-electron chi connectivity index (χ1n) is 5.89. The summed E-state index contributed by atoms with van der Waals surface area (Å²) in [6.07, 6.45) is 0. The van der Waals surface area contributed by atoms with Crippen LogP contribution in [-0.2, 0) is 0 Å². The zero-order chi connectivity index (χ0) is 14.3. The smallest absolute Gasteiger partial charge is 0.134 e. The van der Waals surface area contributed by atoms with Crippen LogP contribution in [0.1, 0.15) is 17.4 Å². The number of nitrogens with one attached hydrogen (secondary N) is 1. The second-order valence-corrected chi connectivity index (χ2v) is 8.52. The molecule has 6 heteroatoms. The molecule has 3 rings (SSSR count). The van der Waals surface area contributed by atoms with Crippen LogP contribution in [0, 0.1) is 0 Å². The monoisotopic (exact) mass is 433 g/mol. The highest BCUT2D eigenvalue weighted by Crippen LogP contribution is 2.39. The summed E-state index contributed by atoms with van der Waals surface area (Å²) in [4.78, 5) is 0. The van der Waals surface area contributed by atoms with Crippen molar-refractivity contribution >= 4 is 65.8 Å². The average molecular weight is 436 g/mol. The second-order valence-electron chi connectivity index (χ2n) is 4.33. The fraction of sp³-hybridized carbons (Fsp3) is 0.143. The van der Waals surface area contributed by atoms with Gasteiger partial charge in [-0.2, -0.15) is 0 Å². The van der Waals surface area contributed by atoms with E-state index >= 15 is 0 Å². The Morgan fingerprint density at radius 3 is 2.70 bits per heavy atom. The van der Waals surface area contributed by atoms with E-state index in [0.717, 1.165) is 29.9 Å². The van der Waals surface area contributed by atoms with Gasteiger partial charge in [-0.05, 0) is 69.2 Å². The van der Waals surface area contributed by atoms with E-state index in [1.54, 1.807) is 11.3 Å². The lowest BCUT2D eigenvalue weighted by Crippen LogP contribution is -2.16. The highest BCUT2D eigenvalue weighted by Gasteiger charge is 2.21. The number of fused-ring (bicyclic) bond motifs is 1. The van der Waals surface area contributed by atoms with Crippen molar-refractivity contribution in [3.63, 3.8) is 0 Å². The number of hydrogen-bond donors (Lipinski definition) is 1. The van der Waals surface area contributed by atoms with Gasteiger partial charge in [0, 0.05) is 16.0 Å². The van der Waals surface area contributed by atoms with Crippen molar-refractivity contribution in [1.29, 1.82) is 0 Å². The molecule has 0 saturated carbocycles. The van der Waals surface area contributed by atoms with Crippen molar-refractivity contribution in [3.05, 3.63) is 54.3 Å². The van der Waals surface area contributed by atoms with Gasteiger partial charge in [-0.15, -0.1) is 11.3 Å². The molecule has 1 aromatic carbocycles. The van der Waals surface area contributed by atoms with E-state index in [1.165, 1.54) is 0 Å². The molecule has 1 atom stereocenters. The van der Waals surface area contributed by atoms with E-state index in [2.05, 4.69) is 43.2 Å². The number of benzene rings is 1. The lowest BCUT2D eigenvalue weighted by Gasteiger charge is -2.12. The van der Waals surface area contributed by atoms with Crippen LogP contribution < -0.4 is 5.32 Å². The topological polar surface area (TPSA) is 25.2 Å². The maximum absolute atomic E-state index is 6.02. The summed E-state index contributed by atoms with van der Waals surface area (Å²) in [5.74, 6) is 0.871. The summed E-state index contributed by atoms with van der Waals surface area (Å²) >= 11 is 14.8. The molecule has 0 aliphatic heterocycles. The van der Waals surface area contributed by atoms with Gasteiger partial charge in [-0.1, -0.05) is 11.6 Å². The summed E-state index contributed by atoms with van der Waals surface area (Å²) in [7, 11) is 1.92. The number of thiophene rings is 1. The van der Waals surface area contributed by atoms with Crippen LogP contribution in [0.4, 0.5) is 0 Å². The van der Waals surface area contributed by atoms with Gasteiger partial charge in [0.2, 0.25) is 0 Å². The molecule has 1 N–H and O–H groups in total. The Bertz CT molecular complexity index is 768. The van der Waals surface area contributed by atoms with Gasteiger partial charge < -0.3 is 9.73 Å². The molecule has 0 bridgehead atoms. The Kier molecular flexibility index (Phi) is 4.24. The van der Waals surface area contributed by atoms with Crippen molar-refractivity contribution in [2.75, 3.05) is 7.05 Å². The quantitative estimate of drug-likeness (QED) is 0.547. The average Bonchev–Trinajstić information content (AvgIpc) is 2.94. The predicted octanol–water partition coefficient (Wildman–Crippen LogP) is 5.98. The van der Waals surface area contributed by atoms with Gasteiger partial charge in [0.05, 0.1) is 13.6 Å². The molecule has 2 nitrogen and oxygen atoms in total. The molecule has 2 heterocycles. The minimum absolute atomic E-state index is 0.00176. The molecule has 0 fully saturated rings. The minimum Gasteiger partial charge on any atom is -0.459 e. The van der Waals surface area contributed by atoms with E-state index in [1.807, 2.05) is 31.3 Å². The van der Waals surface area contributed by atoms with E-state index in [0.29, 0.717) is 5.02 Å². The van der Waals surface area contributed by atoms with Crippen LogP contribution in [0.25, 0.3) is 11.0 Å². The zero-order valence-corrected chi connectivity index (χ0v) is 15.2. The molecule has 2 aromatic heterocycles. The molecule has 0 aliphatic carbocycles. The Morgan fingerprint density at radius 2 is 2.05 bits per heavy atom. The zero-order valence-electron chi connectivity index (χ0n) is 10.4. The molecule has 0 amide bonds. The first kappa shape index (κ1) is 14.6. The highest BCUT2D eigenvalue weighted by molar-refractivity contribution is 9.12. The van der Waals surface area contributed by atoms with Gasteiger partial charge in [0.25, 0.3) is 0 Å². The summed E-state index contributed by atoms with van der Waals surface area (Å²) in [6, 6.07) is 9.76. The lowest BCUT2D eigenvalue weighted by atomic mass is 10.1. The summed E-state index contributed by atoms with van der Waals surface area (Å²) in [6.45, 7) is 0. The van der Waals surface area contributed by atoms with E-state index in [4.69, 9.17) is 16.0 Å². The standard InChI is InChI=1S/C14H10Br2ClNOS/c1-18-13(9-6-12(15)20-14(9)16)11-5-7-4-8(17)2-3-10(7)19-11/h2-6,13,18H,1H3. The van der Waals surface area contributed by atoms with Crippen molar-refractivity contribution in [2.24, 2.45) is 0 Å². The first-order valence-corrected chi connectivity index (χ1v) is 8.67. The molecule has 3 aromatic rings. The molecule has 1 unspecified atom stereocenters. The van der Waals surface area contributed by atoms with Crippen LogP contribution in [0.5, 0.6) is 0 Å². The molecule has 20 heavy (non-hydrogen) atoms. The number of halogens is 3. The van der Waals surface area contributed by atoms with Crippen molar-refractivity contribution in [3.8, 4) is 0 Å². The fourth-order valence-electron chi connectivity index (χ4n) is 2.18. The minimum atomic E-state index is -0.00176. The highest BCUT2D eigenvalue weighted by atomic mass is 79.9. The molecule has 0 saturated heterocycles. The summed E-state index contributed by atoms with van der Waals surface area (Å²) in [5.41, 5.74) is 1.99. The van der Waals surface area contributed by atoms with Gasteiger partial charge >= 0.3 is 0 Å². The van der Waals surface area contributed by atoms with Crippen molar-refractivity contribution in [1.82, 2.24) is 5.32 Å². The Labute approximate surface area is 142 Å². The maximum atomic E-state index is 6.02. The molecule has 104 valence electrons. The summed E-state index contributed by atoms with van der Waals surface area (Å²) in [5, 5.41) is 5.02. The third-order valence-electron chi connectivity index (χ3n) is 3.06. The van der Waals surface area contributed by atoms with Gasteiger partial charge in [0.1, 0.15) is 11.3 Å². The number of rotatable bonds is 3. The maximum Gasteiger partial charge on any atom is 0.134 e. The van der Waals surface area contributed by atoms with Crippen molar-refractivity contribution in [2.45, 2.75) is 6.04 Å². The van der Waals surface area contributed by atoms with E-state index in [-0.39, 0.29) is 6.04 Å². The van der Waals surface area contributed by atoms with Crippen LogP contribution in [0.15, 0.2) is 42.3 Å². The fourth-order valence-corrected chi connectivity index (χ4v) is 5.26. The first-order chi connectivity index (χ1) is 9.58. The number of furan rings is 1. The van der Waals surface area contributed by atoms with Gasteiger partial charge in [0.15, 0.2) is 0 Å². The van der Waals surface area contributed by atoms with E-state index < -0.39 is 0 Å². The SMILES string of the molecule is CNC(c1cc2cc(Cl)ccc2o1)c1cc(Br)sc1Br. The predicted molar refractivity (Wildman–Crippen MR) is 91.8 cm³/mol. The molecular formula is C14H10Br2ClNOS. The second kappa shape index (κ2) is 5.81. The molecule has 0 radical (unpaired) electrons. The van der Waals surface area contributed by atoms with Crippen LogP contribution in [0.2, 0.25) is 5.02 Å². The Balaban J connectivity index is 2.09. The molecule has 0 aliphatic rings. The number of hydrogen-bond acceptors (Lipinski definition) is 3. The largest absolute Gasteiger partial charge is 0.459 e. The lowest BCUT2D eigenvalue weighted by molar-refractivity contribution is 0.491. The Morgan fingerprint density at radius 1 is 1.25 bits per heavy atom.